The van der Waals surface area contributed by atoms with Crippen LogP contribution in [0.25, 0.3) is 0 Å². The third-order valence-corrected chi connectivity index (χ3v) is 5.22. The lowest BCUT2D eigenvalue weighted by Crippen LogP contribution is -2.38. The summed E-state index contributed by atoms with van der Waals surface area (Å²) in [7, 11) is 0. The third-order valence-electron chi connectivity index (χ3n) is 5.22. The molecular weight excluding hydrogens is 366 g/mol. The average Bonchev–Trinajstić information content (AvgIpc) is 2.75. The summed E-state index contributed by atoms with van der Waals surface area (Å²) in [5.74, 6) is 1.74. The lowest BCUT2D eigenvalue weighted by molar-refractivity contribution is 0.0934. The molecule has 1 fully saturated rings. The minimum Gasteiger partial charge on any atom is -0.490 e. The molecule has 0 unspecified atom stereocenters. The van der Waals surface area contributed by atoms with Crippen LogP contribution >= 0.6 is 0 Å². The van der Waals surface area contributed by atoms with E-state index in [0.717, 1.165) is 32.5 Å². The van der Waals surface area contributed by atoms with Gasteiger partial charge in [-0.2, -0.15) is 0 Å². The number of hydrogen-bond acceptors (Lipinski definition) is 5. The van der Waals surface area contributed by atoms with Crippen molar-refractivity contribution in [2.45, 2.75) is 33.2 Å². The number of hydrogen-bond donors (Lipinski definition) is 1. The van der Waals surface area contributed by atoms with E-state index in [0.29, 0.717) is 42.7 Å². The van der Waals surface area contributed by atoms with Crippen LogP contribution in [-0.4, -0.2) is 48.6 Å². The van der Waals surface area contributed by atoms with Gasteiger partial charge >= 0.3 is 0 Å². The monoisotopic (exact) mass is 397 g/mol. The molecule has 1 saturated heterocycles. The zero-order valence-corrected chi connectivity index (χ0v) is 17.4. The lowest BCUT2D eigenvalue weighted by Gasteiger charge is -2.32. The summed E-state index contributed by atoms with van der Waals surface area (Å²) >= 11 is 0. The van der Waals surface area contributed by atoms with E-state index in [-0.39, 0.29) is 5.91 Å². The Morgan fingerprint density at radius 1 is 1.07 bits per heavy atom. The zero-order chi connectivity index (χ0) is 20.5. The van der Waals surface area contributed by atoms with Crippen LogP contribution in [-0.2, 0) is 6.54 Å². The first-order chi connectivity index (χ1) is 14.2. The Bertz CT molecular complexity index is 774. The van der Waals surface area contributed by atoms with Crippen molar-refractivity contribution in [1.29, 1.82) is 0 Å². The van der Waals surface area contributed by atoms with Gasteiger partial charge in [0.2, 0.25) is 0 Å². The normalized spacial score (nSPS) is 15.1. The van der Waals surface area contributed by atoms with E-state index in [9.17, 15) is 4.79 Å². The Morgan fingerprint density at radius 2 is 1.76 bits per heavy atom. The number of piperidine rings is 1. The summed E-state index contributed by atoms with van der Waals surface area (Å²) in [4.78, 5) is 19.1. The molecule has 1 aliphatic heterocycles. The second-order valence-corrected chi connectivity index (χ2v) is 7.31. The highest BCUT2D eigenvalue weighted by Crippen LogP contribution is 2.28. The molecule has 0 saturated carbocycles. The number of carbonyl (C=O) groups excluding carboxylic acids is 1. The summed E-state index contributed by atoms with van der Waals surface area (Å²) in [6, 6.07) is 9.50. The van der Waals surface area contributed by atoms with E-state index in [1.54, 1.807) is 18.2 Å². The maximum Gasteiger partial charge on any atom is 0.251 e. The molecule has 1 aromatic carbocycles. The van der Waals surface area contributed by atoms with Gasteiger partial charge in [0.1, 0.15) is 0 Å². The fourth-order valence-corrected chi connectivity index (χ4v) is 3.63. The van der Waals surface area contributed by atoms with Gasteiger partial charge in [-0.15, -0.1) is 0 Å². The molecule has 1 aliphatic rings. The number of benzene rings is 1. The highest BCUT2D eigenvalue weighted by molar-refractivity contribution is 5.94. The van der Waals surface area contributed by atoms with Crippen molar-refractivity contribution in [1.82, 2.24) is 15.2 Å². The Balaban J connectivity index is 1.47. The quantitative estimate of drug-likeness (QED) is 0.701. The zero-order valence-electron chi connectivity index (χ0n) is 17.4. The van der Waals surface area contributed by atoms with E-state index >= 15 is 0 Å². The van der Waals surface area contributed by atoms with Gasteiger partial charge in [0.25, 0.3) is 5.91 Å². The molecule has 1 amide bonds. The average molecular weight is 398 g/mol. The predicted molar refractivity (Wildman–Crippen MR) is 113 cm³/mol. The fraction of sp³-hybridized carbons (Fsp3) is 0.478. The van der Waals surface area contributed by atoms with Crippen molar-refractivity contribution in [2.75, 3.05) is 32.8 Å². The minimum atomic E-state index is -0.0618. The largest absolute Gasteiger partial charge is 0.490 e. The molecule has 0 bridgehead atoms. The lowest BCUT2D eigenvalue weighted by atomic mass is 9.96. The van der Waals surface area contributed by atoms with Gasteiger partial charge in [0.05, 0.1) is 13.2 Å². The Morgan fingerprint density at radius 3 is 2.45 bits per heavy atom. The van der Waals surface area contributed by atoms with Crippen molar-refractivity contribution in [3.05, 3.63) is 53.9 Å². The molecule has 0 atom stereocenters. The van der Waals surface area contributed by atoms with Crippen LogP contribution in [0, 0.1) is 5.92 Å². The second-order valence-electron chi connectivity index (χ2n) is 7.31. The molecule has 0 radical (unpaired) electrons. The van der Waals surface area contributed by atoms with Gasteiger partial charge in [0, 0.05) is 31.0 Å². The number of carbonyl (C=O) groups is 1. The van der Waals surface area contributed by atoms with Gasteiger partial charge in [-0.25, -0.2) is 0 Å². The number of ether oxygens (including phenoxy) is 2. The number of amides is 1. The first-order valence-corrected chi connectivity index (χ1v) is 10.5. The van der Waals surface area contributed by atoms with Crippen LogP contribution in [0.5, 0.6) is 11.5 Å². The van der Waals surface area contributed by atoms with E-state index in [4.69, 9.17) is 9.47 Å². The molecule has 6 nitrogen and oxygen atoms in total. The van der Waals surface area contributed by atoms with Gasteiger partial charge in [-0.3, -0.25) is 14.7 Å². The molecular formula is C23H31N3O3. The maximum absolute atomic E-state index is 12.6. The molecule has 1 aromatic heterocycles. The Labute approximate surface area is 173 Å². The summed E-state index contributed by atoms with van der Waals surface area (Å²) in [5.41, 5.74) is 1.90. The Hall–Kier alpha value is -2.60. The molecule has 0 spiro atoms. The van der Waals surface area contributed by atoms with E-state index in [2.05, 4.69) is 27.3 Å². The minimum absolute atomic E-state index is 0.0618. The first kappa shape index (κ1) is 21.1. The third kappa shape index (κ3) is 6.19. The number of nitrogens with zero attached hydrogens (tertiary/aromatic N) is 2. The van der Waals surface area contributed by atoms with E-state index in [1.165, 1.54) is 5.56 Å². The van der Waals surface area contributed by atoms with E-state index < -0.39 is 0 Å². The van der Waals surface area contributed by atoms with Crippen molar-refractivity contribution < 1.29 is 14.3 Å². The molecule has 29 heavy (non-hydrogen) atoms. The molecule has 6 heteroatoms. The van der Waals surface area contributed by atoms with Gasteiger partial charge in [-0.1, -0.05) is 0 Å². The highest BCUT2D eigenvalue weighted by Gasteiger charge is 2.20. The molecule has 156 valence electrons. The van der Waals surface area contributed by atoms with E-state index in [1.807, 2.05) is 26.2 Å². The number of nitrogens with one attached hydrogen (secondary N) is 1. The standard InChI is InChI=1S/C23H31N3O3/c1-3-28-21-6-5-20(15-22(21)29-4-2)23(27)25-16-18-9-13-26(14-10-18)17-19-7-11-24-12-8-19/h5-8,11-12,15,18H,3-4,9-10,13-14,16-17H2,1-2H3,(H,25,27). The second kappa shape index (κ2) is 10.8. The molecule has 0 aliphatic carbocycles. The van der Waals surface area contributed by atoms with Gasteiger partial charge in [0.15, 0.2) is 11.5 Å². The summed E-state index contributed by atoms with van der Waals surface area (Å²) < 4.78 is 11.2. The van der Waals surface area contributed by atoms with Crippen LogP contribution in [0.4, 0.5) is 0 Å². The maximum atomic E-state index is 12.6. The first-order valence-electron chi connectivity index (χ1n) is 10.5. The molecule has 3 rings (SSSR count). The van der Waals surface area contributed by atoms with Crippen LogP contribution in [0.1, 0.15) is 42.6 Å². The van der Waals surface area contributed by atoms with Crippen molar-refractivity contribution >= 4 is 5.91 Å². The Kier molecular flexibility index (Phi) is 7.87. The number of aromatic nitrogens is 1. The number of pyridine rings is 1. The number of rotatable bonds is 9. The molecule has 2 heterocycles. The summed E-state index contributed by atoms with van der Waals surface area (Å²) in [5, 5.41) is 3.09. The van der Waals surface area contributed by atoms with Crippen LogP contribution in [0.15, 0.2) is 42.7 Å². The smallest absolute Gasteiger partial charge is 0.251 e. The number of likely N-dealkylation sites (tertiary alicyclic amines) is 1. The van der Waals surface area contributed by atoms with Crippen LogP contribution in [0.3, 0.4) is 0 Å². The fourth-order valence-electron chi connectivity index (χ4n) is 3.63. The van der Waals surface area contributed by atoms with Crippen LogP contribution in [0.2, 0.25) is 0 Å². The van der Waals surface area contributed by atoms with Gasteiger partial charge < -0.3 is 14.8 Å². The SMILES string of the molecule is CCOc1ccc(C(=O)NCC2CCN(Cc3ccncc3)CC2)cc1OCC. The topological polar surface area (TPSA) is 63.7 Å². The van der Waals surface area contributed by atoms with Crippen molar-refractivity contribution in [3.8, 4) is 11.5 Å². The summed E-state index contributed by atoms with van der Waals surface area (Å²) in [6.07, 6.45) is 5.88. The predicted octanol–water partition coefficient (Wildman–Crippen LogP) is 3.52. The van der Waals surface area contributed by atoms with Crippen molar-refractivity contribution in [2.24, 2.45) is 5.92 Å². The highest BCUT2D eigenvalue weighted by atomic mass is 16.5. The van der Waals surface area contributed by atoms with Crippen molar-refractivity contribution in [3.63, 3.8) is 0 Å². The summed E-state index contributed by atoms with van der Waals surface area (Å²) in [6.45, 7) is 8.73. The van der Waals surface area contributed by atoms with Crippen LogP contribution < -0.4 is 14.8 Å². The molecule has 1 N–H and O–H groups in total. The van der Waals surface area contributed by atoms with Gasteiger partial charge in [-0.05, 0) is 81.6 Å². The molecule has 2 aromatic rings.